The van der Waals surface area contributed by atoms with Crippen molar-refractivity contribution in [2.45, 2.75) is 29.9 Å². The van der Waals surface area contributed by atoms with Crippen LogP contribution in [0.15, 0.2) is 70.9 Å². The van der Waals surface area contributed by atoms with E-state index in [1.807, 2.05) is 0 Å². The number of carbonyl (C=O) groups excluding carboxylic acids is 2. The van der Waals surface area contributed by atoms with Crippen LogP contribution in [-0.4, -0.2) is 64.7 Å². The topological polar surface area (TPSA) is 167 Å². The Hall–Kier alpha value is -4.21. The molecule has 15 heteroatoms. The minimum atomic E-state index is -4.41. The molecule has 1 saturated heterocycles. The summed E-state index contributed by atoms with van der Waals surface area (Å²) in [7, 11) is -4.41. The van der Waals surface area contributed by atoms with Gasteiger partial charge in [0.05, 0.1) is 28.7 Å². The highest BCUT2D eigenvalue weighted by atomic mass is 32.2. The van der Waals surface area contributed by atoms with E-state index < -0.39 is 57.2 Å². The number of carboxylic acids is 1. The fraction of sp³-hybridized carbons (Fsp3) is 0.240. The molecular weight excluding hydrogens is 567 g/mol. The number of aliphatic carboxylic acids is 1. The van der Waals surface area contributed by atoms with Crippen molar-refractivity contribution in [1.29, 1.82) is 0 Å². The molecule has 12 nitrogen and oxygen atoms in total. The molecule has 2 heterocycles. The predicted octanol–water partition coefficient (Wildman–Crippen LogP) is 2.53. The zero-order valence-corrected chi connectivity index (χ0v) is 22.3. The predicted molar refractivity (Wildman–Crippen MR) is 140 cm³/mol. The van der Waals surface area contributed by atoms with Gasteiger partial charge in [0.1, 0.15) is 5.82 Å². The van der Waals surface area contributed by atoms with E-state index in [2.05, 4.69) is 5.32 Å². The van der Waals surface area contributed by atoms with Crippen molar-refractivity contribution < 1.29 is 37.2 Å². The number of rotatable bonds is 10. The first-order chi connectivity index (χ1) is 19.0. The first-order valence-corrected chi connectivity index (χ1v) is 14.1. The van der Waals surface area contributed by atoms with E-state index in [0.717, 1.165) is 39.5 Å². The molecule has 1 fully saturated rings. The number of amides is 2. The Labute approximate surface area is 231 Å². The number of hydrogen-bond donors (Lipinski definition) is 2. The minimum Gasteiger partial charge on any atom is -0.481 e. The third-order valence-corrected chi connectivity index (χ3v) is 8.93. The molecule has 2 amide bonds. The smallest absolute Gasteiger partial charge is 0.305 e. The van der Waals surface area contributed by atoms with Crippen LogP contribution in [0.2, 0.25) is 0 Å². The van der Waals surface area contributed by atoms with Crippen LogP contribution >= 0.6 is 11.3 Å². The molecule has 0 spiro atoms. The lowest BCUT2D eigenvalue weighted by molar-refractivity contribution is -0.384. The number of thiophene rings is 1. The molecule has 1 aliphatic rings. The summed E-state index contributed by atoms with van der Waals surface area (Å²) >= 11 is 1.31. The van der Waals surface area contributed by atoms with E-state index >= 15 is 0 Å². The number of benzene rings is 2. The Morgan fingerprint density at radius 3 is 2.48 bits per heavy atom. The molecular formula is C25H23FN4O8S2. The minimum absolute atomic E-state index is 0.102. The average Bonchev–Trinajstić information content (AvgIpc) is 3.59. The Balaban J connectivity index is 1.70. The molecule has 0 saturated carbocycles. The normalized spacial score (nSPS) is 16.4. The molecule has 2 unspecified atom stereocenters. The average molecular weight is 591 g/mol. The SMILES string of the molecule is O=C(O)CC(NC(=O)C1N(C(=O)Cc2cccs2)CCN1S(=O)(=O)c1ccc(F)cc1)c1cccc([N+](=O)[O-])c1. The molecule has 3 aromatic rings. The largest absolute Gasteiger partial charge is 0.481 e. The Morgan fingerprint density at radius 1 is 1.12 bits per heavy atom. The van der Waals surface area contributed by atoms with Gasteiger partial charge in [0.15, 0.2) is 6.17 Å². The van der Waals surface area contributed by atoms with Gasteiger partial charge in [-0.3, -0.25) is 24.5 Å². The zero-order chi connectivity index (χ0) is 29.0. The number of non-ortho nitro benzene ring substituents is 1. The molecule has 2 aromatic carbocycles. The maximum Gasteiger partial charge on any atom is 0.305 e. The van der Waals surface area contributed by atoms with Crippen LogP contribution in [0.3, 0.4) is 0 Å². The highest BCUT2D eigenvalue weighted by Crippen LogP contribution is 2.28. The number of carbonyl (C=O) groups is 3. The van der Waals surface area contributed by atoms with Crippen molar-refractivity contribution in [3.63, 3.8) is 0 Å². The Kier molecular flexibility index (Phi) is 8.56. The molecule has 0 aliphatic carbocycles. The van der Waals surface area contributed by atoms with Gasteiger partial charge < -0.3 is 15.3 Å². The standard InChI is InChI=1S/C25H23FN4O8S2/c26-17-6-8-20(9-7-17)40(37,38)29-11-10-28(22(31)14-19-5-2-12-39-19)25(29)24(34)27-21(15-23(32)33)16-3-1-4-18(13-16)30(35)36/h1-9,12-13,21,25H,10-11,14-15H2,(H,27,34)(H,32,33). The summed E-state index contributed by atoms with van der Waals surface area (Å²) in [5.41, 5.74) is -0.233. The van der Waals surface area contributed by atoms with Gasteiger partial charge in [-0.25, -0.2) is 12.8 Å². The van der Waals surface area contributed by atoms with Crippen molar-refractivity contribution in [1.82, 2.24) is 14.5 Å². The summed E-state index contributed by atoms with van der Waals surface area (Å²) in [6.45, 7) is -0.391. The van der Waals surface area contributed by atoms with Gasteiger partial charge in [-0.1, -0.05) is 18.2 Å². The Morgan fingerprint density at radius 2 is 1.85 bits per heavy atom. The number of halogens is 1. The summed E-state index contributed by atoms with van der Waals surface area (Å²) in [5.74, 6) is -3.54. The second-order valence-corrected chi connectivity index (χ2v) is 11.7. The molecule has 40 heavy (non-hydrogen) atoms. The molecule has 1 aromatic heterocycles. The number of nitro benzene ring substituents is 1. The van der Waals surface area contributed by atoms with Gasteiger partial charge in [-0.15, -0.1) is 11.3 Å². The second-order valence-electron chi connectivity index (χ2n) is 8.80. The maximum atomic E-state index is 13.7. The quantitative estimate of drug-likeness (QED) is 0.268. The van der Waals surface area contributed by atoms with Crippen LogP contribution in [0.5, 0.6) is 0 Å². The van der Waals surface area contributed by atoms with E-state index in [4.69, 9.17) is 0 Å². The maximum absolute atomic E-state index is 13.7. The van der Waals surface area contributed by atoms with Gasteiger partial charge in [-0.2, -0.15) is 4.31 Å². The number of carboxylic acid groups (broad SMARTS) is 1. The lowest BCUT2D eigenvalue weighted by Gasteiger charge is -2.30. The van der Waals surface area contributed by atoms with E-state index in [1.165, 1.54) is 29.5 Å². The molecule has 2 N–H and O–H groups in total. The summed E-state index contributed by atoms with van der Waals surface area (Å²) in [5, 5.41) is 24.9. The van der Waals surface area contributed by atoms with Crippen molar-refractivity contribution in [2.24, 2.45) is 0 Å². The fourth-order valence-corrected chi connectivity index (χ4v) is 6.57. The van der Waals surface area contributed by atoms with E-state index in [0.29, 0.717) is 4.88 Å². The van der Waals surface area contributed by atoms with Crippen LogP contribution in [0.1, 0.15) is 22.9 Å². The zero-order valence-electron chi connectivity index (χ0n) is 20.7. The third-order valence-electron chi connectivity index (χ3n) is 6.19. The first kappa shape index (κ1) is 28.8. The van der Waals surface area contributed by atoms with Crippen molar-refractivity contribution >= 4 is 44.8 Å². The van der Waals surface area contributed by atoms with Gasteiger partial charge in [-0.05, 0) is 41.3 Å². The second kappa shape index (κ2) is 11.9. The number of hydrogen-bond acceptors (Lipinski definition) is 8. The first-order valence-electron chi connectivity index (χ1n) is 11.8. The van der Waals surface area contributed by atoms with Crippen LogP contribution < -0.4 is 5.32 Å². The van der Waals surface area contributed by atoms with Gasteiger partial charge in [0, 0.05) is 30.1 Å². The molecule has 1 aliphatic heterocycles. The van der Waals surface area contributed by atoms with Crippen molar-refractivity contribution in [3.05, 3.63) is 92.4 Å². The fourth-order valence-electron chi connectivity index (χ4n) is 4.33. The van der Waals surface area contributed by atoms with Crippen LogP contribution in [0.4, 0.5) is 10.1 Å². The number of sulfonamides is 1. The van der Waals surface area contributed by atoms with Crippen LogP contribution in [0, 0.1) is 15.9 Å². The van der Waals surface area contributed by atoms with Crippen molar-refractivity contribution in [3.8, 4) is 0 Å². The molecule has 0 radical (unpaired) electrons. The molecule has 2 atom stereocenters. The monoisotopic (exact) mass is 590 g/mol. The van der Waals surface area contributed by atoms with Crippen molar-refractivity contribution in [2.75, 3.05) is 13.1 Å². The number of nitro groups is 1. The molecule has 4 rings (SSSR count). The number of nitrogens with zero attached hydrogens (tertiary/aromatic N) is 3. The summed E-state index contributed by atoms with van der Waals surface area (Å²) in [6, 6.07) is 11.2. The van der Waals surface area contributed by atoms with E-state index in [1.54, 1.807) is 17.5 Å². The molecule has 210 valence electrons. The lowest BCUT2D eigenvalue weighted by atomic mass is 10.0. The van der Waals surface area contributed by atoms with Gasteiger partial charge in [0.25, 0.3) is 11.6 Å². The molecule has 0 bridgehead atoms. The highest BCUT2D eigenvalue weighted by molar-refractivity contribution is 7.89. The summed E-state index contributed by atoms with van der Waals surface area (Å²) < 4.78 is 41.3. The van der Waals surface area contributed by atoms with Crippen LogP contribution in [-0.2, 0) is 30.8 Å². The van der Waals surface area contributed by atoms with Gasteiger partial charge in [0.2, 0.25) is 15.9 Å². The summed E-state index contributed by atoms with van der Waals surface area (Å²) in [6.07, 6.45) is -2.47. The number of nitrogens with one attached hydrogen (secondary N) is 1. The van der Waals surface area contributed by atoms with Gasteiger partial charge >= 0.3 is 5.97 Å². The lowest BCUT2D eigenvalue weighted by Crippen LogP contribution is -2.54. The van der Waals surface area contributed by atoms with E-state index in [9.17, 15) is 42.4 Å². The van der Waals surface area contributed by atoms with Crippen LogP contribution in [0.25, 0.3) is 0 Å². The Bertz CT molecular complexity index is 1530. The highest BCUT2D eigenvalue weighted by Gasteiger charge is 2.47. The van der Waals surface area contributed by atoms with E-state index in [-0.39, 0.29) is 35.7 Å². The summed E-state index contributed by atoms with van der Waals surface area (Å²) in [4.78, 5) is 50.6. The third kappa shape index (κ3) is 6.32.